The van der Waals surface area contributed by atoms with E-state index in [9.17, 15) is 13.6 Å². The lowest BCUT2D eigenvalue weighted by Crippen LogP contribution is -2.53. The van der Waals surface area contributed by atoms with E-state index in [2.05, 4.69) is 4.98 Å². The van der Waals surface area contributed by atoms with Gasteiger partial charge in [0.2, 0.25) is 0 Å². The number of alkyl halides is 2. The van der Waals surface area contributed by atoms with E-state index in [1.807, 2.05) is 30.0 Å². The molecule has 2 aliphatic heterocycles. The Hall–Kier alpha value is -1.76. The topological polar surface area (TPSA) is 45.7 Å². The van der Waals surface area contributed by atoms with Gasteiger partial charge < -0.3 is 14.5 Å². The monoisotopic (exact) mass is 325 g/mol. The standard InChI is InChI=1S/C16H21F2N3O2/c1-12-3-2-4-14(19-12)21-9-10-23-13(11-21)15(22)20-7-5-16(17,18)6-8-20/h2-4,13H,5-11H2,1H3. The Morgan fingerprint density at radius 1 is 1.30 bits per heavy atom. The summed E-state index contributed by atoms with van der Waals surface area (Å²) in [5.74, 6) is -2.03. The molecular formula is C16H21F2N3O2. The summed E-state index contributed by atoms with van der Waals surface area (Å²) in [6, 6.07) is 5.75. The summed E-state index contributed by atoms with van der Waals surface area (Å²) >= 11 is 0. The molecule has 1 aromatic rings. The summed E-state index contributed by atoms with van der Waals surface area (Å²) in [6.45, 7) is 3.60. The smallest absolute Gasteiger partial charge is 0.253 e. The number of halogens is 2. The van der Waals surface area contributed by atoms with E-state index >= 15 is 0 Å². The lowest BCUT2D eigenvalue weighted by Gasteiger charge is -2.38. The van der Waals surface area contributed by atoms with Crippen LogP contribution >= 0.6 is 0 Å². The minimum Gasteiger partial charge on any atom is -0.365 e. The number of aromatic nitrogens is 1. The Labute approximate surface area is 134 Å². The zero-order valence-corrected chi connectivity index (χ0v) is 13.2. The minimum atomic E-state index is -2.65. The number of nitrogens with zero attached hydrogens (tertiary/aromatic N) is 3. The second kappa shape index (κ2) is 6.39. The molecule has 3 heterocycles. The maximum atomic E-state index is 13.2. The second-order valence-corrected chi connectivity index (χ2v) is 6.12. The second-order valence-electron chi connectivity index (χ2n) is 6.12. The van der Waals surface area contributed by atoms with Gasteiger partial charge in [-0.25, -0.2) is 13.8 Å². The summed E-state index contributed by atoms with van der Waals surface area (Å²) in [7, 11) is 0. The molecule has 2 aliphatic rings. The summed E-state index contributed by atoms with van der Waals surface area (Å²) in [4.78, 5) is 20.5. The van der Waals surface area contributed by atoms with Crippen molar-refractivity contribution in [3.63, 3.8) is 0 Å². The number of aryl methyl sites for hydroxylation is 1. The first-order chi connectivity index (χ1) is 10.9. The number of rotatable bonds is 2. The first-order valence-electron chi connectivity index (χ1n) is 7.91. The fraction of sp³-hybridized carbons (Fsp3) is 0.625. The molecule has 7 heteroatoms. The van der Waals surface area contributed by atoms with Crippen LogP contribution < -0.4 is 4.90 Å². The third kappa shape index (κ3) is 3.77. The van der Waals surface area contributed by atoms with Crippen molar-refractivity contribution in [1.82, 2.24) is 9.88 Å². The van der Waals surface area contributed by atoms with E-state index in [4.69, 9.17) is 4.74 Å². The van der Waals surface area contributed by atoms with Crippen LogP contribution in [-0.4, -0.2) is 60.6 Å². The van der Waals surface area contributed by atoms with Crippen LogP contribution in [0.1, 0.15) is 18.5 Å². The van der Waals surface area contributed by atoms with Crippen LogP contribution in [0, 0.1) is 6.92 Å². The molecule has 3 rings (SSSR count). The lowest BCUT2D eigenvalue weighted by atomic mass is 10.1. The molecule has 0 radical (unpaired) electrons. The normalized spacial score (nSPS) is 24.6. The Kier molecular flexibility index (Phi) is 4.48. The molecule has 0 spiro atoms. The van der Waals surface area contributed by atoms with E-state index in [-0.39, 0.29) is 31.8 Å². The Morgan fingerprint density at radius 3 is 2.74 bits per heavy atom. The lowest BCUT2D eigenvalue weighted by molar-refractivity contribution is -0.150. The number of carbonyl (C=O) groups excluding carboxylic acids is 1. The van der Waals surface area contributed by atoms with Crippen LogP contribution in [0.4, 0.5) is 14.6 Å². The van der Waals surface area contributed by atoms with E-state index in [0.29, 0.717) is 19.7 Å². The van der Waals surface area contributed by atoms with Crippen molar-refractivity contribution < 1.29 is 18.3 Å². The molecule has 1 aromatic heterocycles. The molecular weight excluding hydrogens is 304 g/mol. The van der Waals surface area contributed by atoms with Crippen LogP contribution in [0.5, 0.6) is 0 Å². The first-order valence-corrected chi connectivity index (χ1v) is 7.91. The van der Waals surface area contributed by atoms with Crippen LogP contribution in [-0.2, 0) is 9.53 Å². The van der Waals surface area contributed by atoms with Crippen molar-refractivity contribution in [1.29, 1.82) is 0 Å². The fourth-order valence-corrected chi connectivity index (χ4v) is 2.97. The number of likely N-dealkylation sites (tertiary alicyclic amines) is 1. The number of ether oxygens (including phenoxy) is 1. The van der Waals surface area contributed by atoms with Gasteiger partial charge in [0, 0.05) is 38.2 Å². The third-order valence-corrected chi connectivity index (χ3v) is 4.35. The highest BCUT2D eigenvalue weighted by molar-refractivity contribution is 5.82. The number of hydrogen-bond acceptors (Lipinski definition) is 4. The number of amides is 1. The molecule has 1 atom stereocenters. The Balaban J connectivity index is 1.63. The zero-order valence-electron chi connectivity index (χ0n) is 13.2. The van der Waals surface area contributed by atoms with Gasteiger partial charge in [-0.2, -0.15) is 0 Å². The molecule has 2 fully saturated rings. The van der Waals surface area contributed by atoms with Gasteiger partial charge in [0.25, 0.3) is 11.8 Å². The van der Waals surface area contributed by atoms with Crippen LogP contribution in [0.25, 0.3) is 0 Å². The largest absolute Gasteiger partial charge is 0.365 e. The number of carbonyl (C=O) groups is 1. The third-order valence-electron chi connectivity index (χ3n) is 4.35. The average molecular weight is 325 g/mol. The molecule has 0 N–H and O–H groups in total. The van der Waals surface area contributed by atoms with Crippen LogP contribution in [0.3, 0.4) is 0 Å². The highest BCUT2D eigenvalue weighted by atomic mass is 19.3. The maximum absolute atomic E-state index is 13.2. The van der Waals surface area contributed by atoms with E-state index < -0.39 is 12.0 Å². The first kappa shape index (κ1) is 16.1. The Morgan fingerprint density at radius 2 is 2.04 bits per heavy atom. The predicted octanol–water partition coefficient (Wildman–Crippen LogP) is 1.85. The van der Waals surface area contributed by atoms with Gasteiger partial charge in [-0.05, 0) is 19.1 Å². The number of morpholine rings is 1. The highest BCUT2D eigenvalue weighted by Crippen LogP contribution is 2.28. The van der Waals surface area contributed by atoms with E-state index in [1.54, 1.807) is 0 Å². The van der Waals surface area contributed by atoms with Crippen LogP contribution in [0.15, 0.2) is 18.2 Å². The fourth-order valence-electron chi connectivity index (χ4n) is 2.97. The van der Waals surface area contributed by atoms with Crippen molar-refractivity contribution in [2.24, 2.45) is 0 Å². The molecule has 1 unspecified atom stereocenters. The van der Waals surface area contributed by atoms with Crippen molar-refractivity contribution in [2.45, 2.75) is 31.8 Å². The predicted molar refractivity (Wildman–Crippen MR) is 81.7 cm³/mol. The number of piperidine rings is 1. The zero-order chi connectivity index (χ0) is 16.4. The quantitative estimate of drug-likeness (QED) is 0.832. The number of anilines is 1. The van der Waals surface area contributed by atoms with Gasteiger partial charge >= 0.3 is 0 Å². The molecule has 0 aromatic carbocycles. The van der Waals surface area contributed by atoms with Gasteiger partial charge in [0.1, 0.15) is 5.82 Å². The maximum Gasteiger partial charge on any atom is 0.253 e. The number of pyridine rings is 1. The molecule has 2 saturated heterocycles. The van der Waals surface area contributed by atoms with Crippen molar-refractivity contribution >= 4 is 11.7 Å². The molecule has 0 saturated carbocycles. The Bertz CT molecular complexity index is 572. The summed E-state index contributed by atoms with van der Waals surface area (Å²) in [5, 5.41) is 0. The molecule has 1 amide bonds. The summed E-state index contributed by atoms with van der Waals surface area (Å²) in [6.07, 6.45) is -1.15. The molecule has 0 bridgehead atoms. The van der Waals surface area contributed by atoms with Crippen molar-refractivity contribution in [3.05, 3.63) is 23.9 Å². The minimum absolute atomic E-state index is 0.0917. The van der Waals surface area contributed by atoms with Gasteiger partial charge in [-0.3, -0.25) is 4.79 Å². The van der Waals surface area contributed by atoms with Crippen molar-refractivity contribution in [3.8, 4) is 0 Å². The number of hydrogen-bond donors (Lipinski definition) is 0. The van der Waals surface area contributed by atoms with Crippen LogP contribution in [0.2, 0.25) is 0 Å². The average Bonchev–Trinajstić information content (AvgIpc) is 2.54. The molecule has 0 aliphatic carbocycles. The molecule has 5 nitrogen and oxygen atoms in total. The van der Waals surface area contributed by atoms with E-state index in [1.165, 1.54) is 4.90 Å². The highest BCUT2D eigenvalue weighted by Gasteiger charge is 2.38. The van der Waals surface area contributed by atoms with Gasteiger partial charge in [-0.15, -0.1) is 0 Å². The summed E-state index contributed by atoms with van der Waals surface area (Å²) < 4.78 is 32.0. The molecule has 126 valence electrons. The van der Waals surface area contributed by atoms with Gasteiger partial charge in [-0.1, -0.05) is 6.07 Å². The van der Waals surface area contributed by atoms with Gasteiger partial charge in [0.05, 0.1) is 13.2 Å². The van der Waals surface area contributed by atoms with Crippen molar-refractivity contribution in [2.75, 3.05) is 37.7 Å². The molecule has 23 heavy (non-hydrogen) atoms. The SMILES string of the molecule is Cc1cccc(N2CCOC(C(=O)N3CCC(F)(F)CC3)C2)n1. The van der Waals surface area contributed by atoms with E-state index in [0.717, 1.165) is 11.5 Å². The van der Waals surface area contributed by atoms with Gasteiger partial charge in [0.15, 0.2) is 6.10 Å². The summed E-state index contributed by atoms with van der Waals surface area (Å²) in [5.41, 5.74) is 0.912.